The number of benzene rings is 1. The van der Waals surface area contributed by atoms with E-state index in [1.165, 1.54) is 17.8 Å². The molecular formula is C15H14N2O3. The van der Waals surface area contributed by atoms with Gasteiger partial charge < -0.3 is 14.8 Å². The van der Waals surface area contributed by atoms with Crippen molar-refractivity contribution in [2.24, 2.45) is 0 Å². The first kappa shape index (κ1) is 12.5. The fourth-order valence-corrected chi connectivity index (χ4v) is 2.34. The molecule has 1 aliphatic rings. The first-order chi connectivity index (χ1) is 9.75. The Balaban J connectivity index is 1.68. The lowest BCUT2D eigenvalue weighted by atomic mass is 10.2. The Kier molecular flexibility index (Phi) is 3.25. The molecule has 1 aromatic carbocycles. The number of pyridine rings is 1. The van der Waals surface area contributed by atoms with Crippen LogP contribution in [0.2, 0.25) is 0 Å². The highest BCUT2D eigenvalue weighted by molar-refractivity contribution is 5.96. The van der Waals surface area contributed by atoms with E-state index in [0.29, 0.717) is 11.3 Å². The van der Waals surface area contributed by atoms with Crippen molar-refractivity contribution < 1.29 is 14.3 Å². The third-order valence-electron chi connectivity index (χ3n) is 3.32. The number of aromatic nitrogens is 1. The standard InChI is InChI=1S/C15H14N2O3/c18-14(11-20-15-7-3-4-9-17(15)19)16-10-8-12-5-1-2-6-13(12)16/h1-7,9H,8,10-11H2. The minimum Gasteiger partial charge on any atom is -0.616 e. The molecule has 1 amide bonds. The van der Waals surface area contributed by atoms with Crippen LogP contribution in [-0.4, -0.2) is 19.1 Å². The van der Waals surface area contributed by atoms with Crippen LogP contribution in [-0.2, 0) is 11.2 Å². The van der Waals surface area contributed by atoms with Gasteiger partial charge in [-0.05, 0) is 24.1 Å². The third kappa shape index (κ3) is 2.30. The zero-order valence-electron chi connectivity index (χ0n) is 10.9. The molecule has 0 saturated carbocycles. The van der Waals surface area contributed by atoms with Crippen molar-refractivity contribution in [2.75, 3.05) is 18.1 Å². The number of para-hydroxylation sites is 1. The largest absolute Gasteiger partial charge is 0.616 e. The van der Waals surface area contributed by atoms with Gasteiger partial charge in [-0.15, -0.1) is 4.73 Å². The van der Waals surface area contributed by atoms with Crippen LogP contribution in [0.25, 0.3) is 0 Å². The fraction of sp³-hybridized carbons (Fsp3) is 0.200. The SMILES string of the molecule is O=C(COc1cccc[n+]1[O-])N1CCc2ccccc21. The number of rotatable bonds is 3. The van der Waals surface area contributed by atoms with E-state index in [0.717, 1.165) is 12.1 Å². The van der Waals surface area contributed by atoms with Crippen LogP contribution in [0.3, 0.4) is 0 Å². The molecule has 0 aliphatic carbocycles. The minimum absolute atomic E-state index is 0.133. The first-order valence-electron chi connectivity index (χ1n) is 6.45. The summed E-state index contributed by atoms with van der Waals surface area (Å²) in [6.45, 7) is 0.522. The topological polar surface area (TPSA) is 56.5 Å². The summed E-state index contributed by atoms with van der Waals surface area (Å²) in [5, 5.41) is 11.4. The number of fused-ring (bicyclic) bond motifs is 1. The molecular weight excluding hydrogens is 256 g/mol. The summed E-state index contributed by atoms with van der Waals surface area (Å²) in [6, 6.07) is 12.7. The quantitative estimate of drug-likeness (QED) is 0.623. The maximum atomic E-state index is 12.2. The van der Waals surface area contributed by atoms with Crippen molar-refractivity contribution in [3.63, 3.8) is 0 Å². The summed E-state index contributed by atoms with van der Waals surface area (Å²) in [5.41, 5.74) is 2.10. The van der Waals surface area contributed by atoms with Gasteiger partial charge >= 0.3 is 5.88 Å². The molecule has 2 aromatic rings. The molecule has 5 heteroatoms. The van der Waals surface area contributed by atoms with E-state index in [9.17, 15) is 10.0 Å². The van der Waals surface area contributed by atoms with Crippen LogP contribution in [0.15, 0.2) is 48.7 Å². The molecule has 2 heterocycles. The van der Waals surface area contributed by atoms with E-state index < -0.39 is 0 Å². The predicted molar refractivity (Wildman–Crippen MR) is 73.4 cm³/mol. The normalized spacial score (nSPS) is 13.1. The molecule has 0 atom stereocenters. The highest BCUT2D eigenvalue weighted by atomic mass is 16.6. The van der Waals surface area contributed by atoms with Crippen molar-refractivity contribution >= 4 is 11.6 Å². The highest BCUT2D eigenvalue weighted by Gasteiger charge is 2.24. The Morgan fingerprint density at radius 3 is 2.90 bits per heavy atom. The molecule has 0 saturated heterocycles. The summed E-state index contributed by atoms with van der Waals surface area (Å²) in [4.78, 5) is 13.9. The molecule has 0 fully saturated rings. The van der Waals surface area contributed by atoms with E-state index in [4.69, 9.17) is 4.74 Å². The van der Waals surface area contributed by atoms with Gasteiger partial charge in [-0.1, -0.05) is 18.2 Å². The lowest BCUT2D eigenvalue weighted by Gasteiger charge is -2.17. The molecule has 0 N–H and O–H groups in total. The van der Waals surface area contributed by atoms with Crippen molar-refractivity contribution in [1.82, 2.24) is 0 Å². The number of anilines is 1. The Bertz CT molecular complexity index is 643. The number of nitrogens with zero attached hydrogens (tertiary/aromatic N) is 2. The molecule has 0 radical (unpaired) electrons. The summed E-state index contributed by atoms with van der Waals surface area (Å²) in [7, 11) is 0. The van der Waals surface area contributed by atoms with Gasteiger partial charge in [0.05, 0.1) is 6.07 Å². The summed E-state index contributed by atoms with van der Waals surface area (Å²) in [6.07, 6.45) is 2.19. The van der Waals surface area contributed by atoms with Crippen LogP contribution in [0, 0.1) is 5.21 Å². The van der Waals surface area contributed by atoms with Gasteiger partial charge in [0.25, 0.3) is 5.91 Å². The van der Waals surface area contributed by atoms with Crippen molar-refractivity contribution in [1.29, 1.82) is 0 Å². The summed E-state index contributed by atoms with van der Waals surface area (Å²) in [5.74, 6) is -0.00728. The van der Waals surface area contributed by atoms with Crippen LogP contribution in [0.4, 0.5) is 5.69 Å². The molecule has 102 valence electrons. The molecule has 0 spiro atoms. The average Bonchev–Trinajstić information content (AvgIpc) is 2.90. The number of carbonyl (C=O) groups excluding carboxylic acids is 1. The number of hydrogen-bond acceptors (Lipinski definition) is 3. The number of hydrogen-bond donors (Lipinski definition) is 0. The monoisotopic (exact) mass is 270 g/mol. The molecule has 0 unspecified atom stereocenters. The van der Waals surface area contributed by atoms with E-state index in [1.54, 1.807) is 17.0 Å². The number of carbonyl (C=O) groups is 1. The van der Waals surface area contributed by atoms with Gasteiger partial charge in [-0.2, -0.15) is 0 Å². The summed E-state index contributed by atoms with van der Waals surface area (Å²) < 4.78 is 5.89. The van der Waals surface area contributed by atoms with Gasteiger partial charge in [0.1, 0.15) is 0 Å². The van der Waals surface area contributed by atoms with Crippen LogP contribution in [0.5, 0.6) is 5.88 Å². The van der Waals surface area contributed by atoms with Gasteiger partial charge in [0.2, 0.25) is 0 Å². The number of ether oxygens (including phenoxy) is 1. The zero-order valence-corrected chi connectivity index (χ0v) is 10.9. The molecule has 20 heavy (non-hydrogen) atoms. The van der Waals surface area contributed by atoms with Crippen LogP contribution in [0.1, 0.15) is 5.56 Å². The van der Waals surface area contributed by atoms with Crippen LogP contribution < -0.4 is 14.4 Å². The summed E-state index contributed by atoms with van der Waals surface area (Å²) >= 11 is 0. The van der Waals surface area contributed by atoms with E-state index in [1.807, 2.05) is 24.3 Å². The van der Waals surface area contributed by atoms with Gasteiger partial charge in [-0.3, -0.25) is 4.79 Å². The lowest BCUT2D eigenvalue weighted by molar-refractivity contribution is -0.612. The maximum absolute atomic E-state index is 12.2. The third-order valence-corrected chi connectivity index (χ3v) is 3.32. The van der Waals surface area contributed by atoms with E-state index in [2.05, 4.69) is 0 Å². The molecule has 3 rings (SSSR count). The fourth-order valence-electron chi connectivity index (χ4n) is 2.34. The Morgan fingerprint density at radius 1 is 1.25 bits per heavy atom. The van der Waals surface area contributed by atoms with Crippen LogP contribution >= 0.6 is 0 Å². The minimum atomic E-state index is -0.140. The maximum Gasteiger partial charge on any atom is 0.379 e. The molecule has 0 bridgehead atoms. The molecule has 1 aromatic heterocycles. The smallest absolute Gasteiger partial charge is 0.379 e. The highest BCUT2D eigenvalue weighted by Crippen LogP contribution is 2.27. The molecule has 5 nitrogen and oxygen atoms in total. The second-order valence-electron chi connectivity index (χ2n) is 4.58. The van der Waals surface area contributed by atoms with Crippen molar-refractivity contribution in [3.05, 3.63) is 59.4 Å². The first-order valence-corrected chi connectivity index (χ1v) is 6.45. The second-order valence-corrected chi connectivity index (χ2v) is 4.58. The Labute approximate surface area is 116 Å². The Morgan fingerprint density at radius 2 is 2.05 bits per heavy atom. The predicted octanol–water partition coefficient (Wildman–Crippen LogP) is 1.29. The lowest BCUT2D eigenvalue weighted by Crippen LogP contribution is -2.36. The van der Waals surface area contributed by atoms with Crippen molar-refractivity contribution in [2.45, 2.75) is 6.42 Å². The number of amides is 1. The Hall–Kier alpha value is -2.56. The zero-order chi connectivity index (χ0) is 13.9. The van der Waals surface area contributed by atoms with Gasteiger partial charge in [-0.25, -0.2) is 0 Å². The van der Waals surface area contributed by atoms with Gasteiger partial charge in [0.15, 0.2) is 12.8 Å². The molecule has 1 aliphatic heterocycles. The van der Waals surface area contributed by atoms with Gasteiger partial charge in [0, 0.05) is 18.3 Å². The average molecular weight is 270 g/mol. The van der Waals surface area contributed by atoms with Crippen molar-refractivity contribution in [3.8, 4) is 5.88 Å². The van der Waals surface area contributed by atoms with E-state index in [-0.39, 0.29) is 18.4 Å². The van der Waals surface area contributed by atoms with E-state index >= 15 is 0 Å². The second kappa shape index (κ2) is 5.21.